The number of hydroxylamine groups is 1. The van der Waals surface area contributed by atoms with Crippen LogP contribution in [0.15, 0.2) is 24.3 Å². The van der Waals surface area contributed by atoms with E-state index in [0.29, 0.717) is 11.6 Å². The molecule has 1 spiro atoms. The molecule has 1 unspecified atom stereocenters. The highest BCUT2D eigenvalue weighted by atomic mass is 16.8. The van der Waals surface area contributed by atoms with E-state index in [1.54, 1.807) is 6.07 Å². The van der Waals surface area contributed by atoms with Crippen LogP contribution < -0.4 is 5.06 Å². The number of hydrogen-bond acceptors (Lipinski definition) is 3. The quantitative estimate of drug-likeness (QED) is 0.640. The highest BCUT2D eigenvalue weighted by Crippen LogP contribution is 2.60. The Morgan fingerprint density at radius 3 is 2.71 bits per heavy atom. The van der Waals surface area contributed by atoms with Gasteiger partial charge in [0.2, 0.25) is 0 Å². The van der Waals surface area contributed by atoms with Gasteiger partial charge in [-0.3, -0.25) is 0 Å². The zero-order valence-electron chi connectivity index (χ0n) is 10.0. The van der Waals surface area contributed by atoms with Crippen molar-refractivity contribution in [3.63, 3.8) is 0 Å². The molecular weight excluding hydrogens is 212 g/mol. The molecule has 0 aromatic heterocycles. The van der Waals surface area contributed by atoms with Crippen molar-refractivity contribution >= 4 is 5.69 Å². The van der Waals surface area contributed by atoms with Crippen molar-refractivity contribution in [3.05, 3.63) is 29.8 Å². The summed E-state index contributed by atoms with van der Waals surface area (Å²) in [4.78, 5) is 5.65. The number of anilines is 1. The van der Waals surface area contributed by atoms with E-state index in [4.69, 9.17) is 10.1 Å². The maximum atomic E-state index is 7.32. The fourth-order valence-corrected chi connectivity index (χ4v) is 3.33. The van der Waals surface area contributed by atoms with Gasteiger partial charge in [0.1, 0.15) is 0 Å². The van der Waals surface area contributed by atoms with Gasteiger partial charge >= 0.3 is 0 Å². The molecule has 0 N–H and O–H groups in total. The lowest BCUT2D eigenvalue weighted by Gasteiger charge is -2.22. The maximum Gasteiger partial charge on any atom is 0.191 e. The Balaban J connectivity index is 0.000000276. The fourth-order valence-electron chi connectivity index (χ4n) is 3.33. The second-order valence-corrected chi connectivity index (χ2v) is 4.89. The lowest BCUT2D eigenvalue weighted by Crippen LogP contribution is -2.26. The summed E-state index contributed by atoms with van der Waals surface area (Å²) in [5, 5.41) is 9.42. The molecule has 1 aromatic rings. The summed E-state index contributed by atoms with van der Waals surface area (Å²) in [6.07, 6.45) is 5.72. The van der Waals surface area contributed by atoms with Crippen molar-refractivity contribution in [2.45, 2.75) is 44.2 Å². The van der Waals surface area contributed by atoms with Crippen LogP contribution in [0.1, 0.15) is 38.2 Å². The third kappa shape index (κ3) is 1.37. The first-order chi connectivity index (χ1) is 8.33. The molecule has 0 bridgehead atoms. The molecule has 2 aliphatic heterocycles. The van der Waals surface area contributed by atoms with Gasteiger partial charge in [-0.2, -0.15) is 5.26 Å². The van der Waals surface area contributed by atoms with Crippen LogP contribution in [0.25, 0.3) is 0 Å². The number of fused-ring (bicyclic) bond motifs is 5. The first-order valence-electron chi connectivity index (χ1n) is 6.20. The molecule has 3 aliphatic rings. The van der Waals surface area contributed by atoms with E-state index in [0.717, 1.165) is 0 Å². The predicted molar refractivity (Wildman–Crippen MR) is 65.2 cm³/mol. The van der Waals surface area contributed by atoms with Gasteiger partial charge < -0.3 is 0 Å². The molecule has 1 aliphatic carbocycles. The number of nitriles is 1. The predicted octanol–water partition coefficient (Wildman–Crippen LogP) is 3.12. The van der Waals surface area contributed by atoms with E-state index >= 15 is 0 Å². The third-order valence-electron chi connectivity index (χ3n) is 4.03. The summed E-state index contributed by atoms with van der Waals surface area (Å²) in [5.41, 5.74) is 3.21. The minimum Gasteiger partial charge on any atom is -0.242 e. The lowest BCUT2D eigenvalue weighted by molar-refractivity contribution is 0.277. The normalized spacial score (nSPS) is 25.6. The number of benzene rings is 1. The summed E-state index contributed by atoms with van der Waals surface area (Å²) in [6, 6.07) is 10.5. The first kappa shape index (κ1) is 10.6. The van der Waals surface area contributed by atoms with Crippen LogP contribution in [0.2, 0.25) is 0 Å². The highest BCUT2D eigenvalue weighted by molar-refractivity contribution is 5.65. The molecule has 0 radical (unpaired) electrons. The Bertz CT molecular complexity index is 471. The van der Waals surface area contributed by atoms with E-state index in [1.165, 1.54) is 43.9 Å². The maximum absolute atomic E-state index is 7.32. The molecule has 88 valence electrons. The smallest absolute Gasteiger partial charge is 0.191 e. The van der Waals surface area contributed by atoms with Crippen molar-refractivity contribution in [2.75, 3.05) is 5.06 Å². The summed E-state index contributed by atoms with van der Waals surface area (Å²) in [6.45, 7) is 1.43. The van der Waals surface area contributed by atoms with Gasteiger partial charge in [-0.15, -0.1) is 0 Å². The summed E-state index contributed by atoms with van der Waals surface area (Å²) in [7, 11) is 0. The molecular formula is C14H16N2O. The van der Waals surface area contributed by atoms with Crippen molar-refractivity contribution in [2.24, 2.45) is 0 Å². The topological polar surface area (TPSA) is 39.3 Å². The molecule has 2 heterocycles. The molecule has 1 atom stereocenters. The van der Waals surface area contributed by atoms with Crippen molar-refractivity contribution < 1.29 is 4.84 Å². The van der Waals surface area contributed by atoms with E-state index in [-0.39, 0.29) is 0 Å². The van der Waals surface area contributed by atoms with Gasteiger partial charge in [-0.25, -0.2) is 9.90 Å². The Kier molecular flexibility index (Phi) is 2.34. The standard InChI is InChI=1S/C12H13NO.C2H3N/c1-2-6-10-9(5-1)12(7-3-4-8-12)11-13(10)14-11;1-2-3/h1-2,5-6,11H,3-4,7-8H2;1H3. The van der Waals surface area contributed by atoms with Crippen LogP contribution in [-0.2, 0) is 10.3 Å². The van der Waals surface area contributed by atoms with Crippen LogP contribution in [0.4, 0.5) is 5.69 Å². The van der Waals surface area contributed by atoms with Crippen molar-refractivity contribution in [3.8, 4) is 6.07 Å². The van der Waals surface area contributed by atoms with E-state index in [2.05, 4.69) is 29.3 Å². The highest BCUT2D eigenvalue weighted by Gasteiger charge is 2.62. The van der Waals surface area contributed by atoms with Gasteiger partial charge in [-0.05, 0) is 24.5 Å². The Labute approximate surface area is 102 Å². The average Bonchev–Trinajstić information content (AvgIpc) is 2.94. The minimum atomic E-state index is 0.358. The molecule has 2 fully saturated rings. The molecule has 4 rings (SSSR count). The molecule has 1 saturated heterocycles. The summed E-state index contributed by atoms with van der Waals surface area (Å²) >= 11 is 0. The molecule has 3 nitrogen and oxygen atoms in total. The largest absolute Gasteiger partial charge is 0.242 e. The fraction of sp³-hybridized carbons (Fsp3) is 0.500. The molecule has 17 heavy (non-hydrogen) atoms. The number of hydrogen-bond donors (Lipinski definition) is 0. The Morgan fingerprint density at radius 2 is 2.00 bits per heavy atom. The zero-order chi connectivity index (χ0) is 11.9. The number of para-hydroxylation sites is 1. The average molecular weight is 228 g/mol. The number of nitrogens with zero attached hydrogens (tertiary/aromatic N) is 2. The summed E-state index contributed by atoms with van der Waals surface area (Å²) < 4.78 is 0. The van der Waals surface area contributed by atoms with Gasteiger partial charge in [0.05, 0.1) is 11.8 Å². The first-order valence-corrected chi connectivity index (χ1v) is 6.20. The minimum absolute atomic E-state index is 0.358. The van der Waals surface area contributed by atoms with Crippen LogP contribution in [0.3, 0.4) is 0 Å². The SMILES string of the molecule is CC#N.c1ccc2c(c1)N1OC1C21CCCC1. The van der Waals surface area contributed by atoms with Crippen LogP contribution in [0.5, 0.6) is 0 Å². The van der Waals surface area contributed by atoms with Crippen molar-refractivity contribution in [1.29, 1.82) is 5.26 Å². The van der Waals surface area contributed by atoms with Gasteiger partial charge in [0.25, 0.3) is 0 Å². The van der Waals surface area contributed by atoms with Crippen LogP contribution in [-0.4, -0.2) is 6.23 Å². The Hall–Kier alpha value is -1.53. The van der Waals surface area contributed by atoms with Gasteiger partial charge in [-0.1, -0.05) is 31.0 Å². The van der Waals surface area contributed by atoms with Gasteiger partial charge in [0, 0.05) is 12.3 Å². The van der Waals surface area contributed by atoms with Crippen molar-refractivity contribution in [1.82, 2.24) is 0 Å². The van der Waals surface area contributed by atoms with Gasteiger partial charge in [0.15, 0.2) is 6.23 Å². The zero-order valence-corrected chi connectivity index (χ0v) is 10.0. The molecule has 1 saturated carbocycles. The second-order valence-electron chi connectivity index (χ2n) is 4.89. The second kappa shape index (κ2) is 3.75. The van der Waals surface area contributed by atoms with E-state index in [9.17, 15) is 0 Å². The lowest BCUT2D eigenvalue weighted by atomic mass is 9.80. The monoisotopic (exact) mass is 228 g/mol. The molecule has 0 amide bonds. The summed E-state index contributed by atoms with van der Waals surface area (Å²) in [5.74, 6) is 0. The molecule has 1 aromatic carbocycles. The Morgan fingerprint density at radius 1 is 1.35 bits per heavy atom. The molecule has 3 heteroatoms. The number of rotatable bonds is 0. The van der Waals surface area contributed by atoms with E-state index in [1.807, 2.05) is 0 Å². The van der Waals surface area contributed by atoms with Crippen LogP contribution in [0, 0.1) is 11.3 Å². The van der Waals surface area contributed by atoms with Crippen LogP contribution >= 0.6 is 0 Å². The van der Waals surface area contributed by atoms with E-state index < -0.39 is 0 Å². The third-order valence-corrected chi connectivity index (χ3v) is 4.03.